The highest BCUT2D eigenvalue weighted by atomic mass is 16.3. The average Bonchev–Trinajstić information content (AvgIpc) is 2.93. The minimum atomic E-state index is -0.900. The molecule has 2 aromatic rings. The predicted molar refractivity (Wildman–Crippen MR) is 73.8 cm³/mol. The standard InChI is InChI=1S/C14H19N5O/c1-11-5-12(7-15-6-11)9-19-4-2-3-14(20,10-19)13-8-16-18-17-13/h5-8,20H,2-4,9-10H2,1H3,(H,16,17,18). The summed E-state index contributed by atoms with van der Waals surface area (Å²) in [6.45, 7) is 4.40. The number of aromatic nitrogens is 4. The van der Waals surface area contributed by atoms with E-state index < -0.39 is 5.60 Å². The molecule has 0 spiro atoms. The Kier molecular flexibility index (Phi) is 3.50. The molecule has 1 unspecified atom stereocenters. The number of likely N-dealkylation sites (tertiary alicyclic amines) is 1. The van der Waals surface area contributed by atoms with Gasteiger partial charge >= 0.3 is 0 Å². The molecular weight excluding hydrogens is 254 g/mol. The first-order valence-corrected chi connectivity index (χ1v) is 6.87. The van der Waals surface area contributed by atoms with Gasteiger partial charge in [0.15, 0.2) is 0 Å². The zero-order valence-electron chi connectivity index (χ0n) is 11.6. The Hall–Kier alpha value is -1.79. The molecule has 1 fully saturated rings. The fourth-order valence-electron chi connectivity index (χ4n) is 2.86. The summed E-state index contributed by atoms with van der Waals surface area (Å²) in [6.07, 6.45) is 7.02. The molecule has 0 saturated carbocycles. The third-order valence-electron chi connectivity index (χ3n) is 3.78. The fourth-order valence-corrected chi connectivity index (χ4v) is 2.86. The summed E-state index contributed by atoms with van der Waals surface area (Å²) < 4.78 is 0. The molecule has 3 rings (SSSR count). The van der Waals surface area contributed by atoms with Crippen LogP contribution in [0.4, 0.5) is 0 Å². The maximum Gasteiger partial charge on any atom is 0.123 e. The van der Waals surface area contributed by atoms with Crippen LogP contribution in [0.25, 0.3) is 0 Å². The number of rotatable bonds is 3. The molecule has 0 radical (unpaired) electrons. The Morgan fingerprint density at radius 2 is 2.30 bits per heavy atom. The second-order valence-electron chi connectivity index (χ2n) is 5.57. The van der Waals surface area contributed by atoms with Crippen LogP contribution in [0.1, 0.15) is 29.7 Å². The third-order valence-corrected chi connectivity index (χ3v) is 3.78. The molecule has 1 aliphatic rings. The van der Waals surface area contributed by atoms with Gasteiger partial charge in [0.25, 0.3) is 0 Å². The quantitative estimate of drug-likeness (QED) is 0.872. The number of H-pyrrole nitrogens is 1. The van der Waals surface area contributed by atoms with E-state index in [0.717, 1.165) is 31.5 Å². The summed E-state index contributed by atoms with van der Waals surface area (Å²) in [5.74, 6) is 0. The van der Waals surface area contributed by atoms with Crippen molar-refractivity contribution in [3.8, 4) is 0 Å². The fraction of sp³-hybridized carbons (Fsp3) is 0.500. The highest BCUT2D eigenvalue weighted by Gasteiger charge is 2.37. The van der Waals surface area contributed by atoms with E-state index in [-0.39, 0.29) is 0 Å². The Labute approximate surface area is 117 Å². The van der Waals surface area contributed by atoms with Gasteiger partial charge in [-0.1, -0.05) is 6.07 Å². The number of nitrogens with zero attached hydrogens (tertiary/aromatic N) is 4. The van der Waals surface area contributed by atoms with Crippen molar-refractivity contribution in [2.75, 3.05) is 13.1 Å². The SMILES string of the molecule is Cc1cncc(CN2CCCC(O)(c3cn[nH]n3)C2)c1. The average molecular weight is 273 g/mol. The molecule has 6 heteroatoms. The molecule has 20 heavy (non-hydrogen) atoms. The second-order valence-corrected chi connectivity index (χ2v) is 5.57. The maximum atomic E-state index is 10.8. The molecule has 0 aliphatic carbocycles. The van der Waals surface area contributed by atoms with E-state index in [1.54, 1.807) is 6.20 Å². The summed E-state index contributed by atoms with van der Waals surface area (Å²) in [7, 11) is 0. The highest BCUT2D eigenvalue weighted by molar-refractivity contribution is 5.17. The molecule has 106 valence electrons. The van der Waals surface area contributed by atoms with Gasteiger partial charge in [-0.05, 0) is 37.4 Å². The van der Waals surface area contributed by atoms with Gasteiger partial charge in [0.1, 0.15) is 11.3 Å². The van der Waals surface area contributed by atoms with Crippen LogP contribution in [0.2, 0.25) is 0 Å². The van der Waals surface area contributed by atoms with Crippen LogP contribution >= 0.6 is 0 Å². The number of aromatic amines is 1. The van der Waals surface area contributed by atoms with Gasteiger partial charge in [-0.15, -0.1) is 0 Å². The smallest absolute Gasteiger partial charge is 0.123 e. The lowest BCUT2D eigenvalue weighted by atomic mass is 9.90. The maximum absolute atomic E-state index is 10.8. The zero-order valence-corrected chi connectivity index (χ0v) is 11.6. The van der Waals surface area contributed by atoms with Crippen molar-refractivity contribution >= 4 is 0 Å². The molecule has 1 atom stereocenters. The second kappa shape index (κ2) is 5.30. The van der Waals surface area contributed by atoms with Crippen LogP contribution in [-0.2, 0) is 12.1 Å². The molecule has 1 aliphatic heterocycles. The number of hydrogen-bond acceptors (Lipinski definition) is 5. The molecule has 3 heterocycles. The largest absolute Gasteiger partial charge is 0.382 e. The molecule has 0 aromatic carbocycles. The van der Waals surface area contributed by atoms with Crippen molar-refractivity contribution in [2.45, 2.75) is 31.9 Å². The van der Waals surface area contributed by atoms with E-state index in [2.05, 4.69) is 31.4 Å². The van der Waals surface area contributed by atoms with Gasteiger partial charge in [-0.2, -0.15) is 15.4 Å². The summed E-state index contributed by atoms with van der Waals surface area (Å²) in [5.41, 5.74) is 2.06. The molecule has 0 amide bonds. The number of aliphatic hydroxyl groups is 1. The van der Waals surface area contributed by atoms with E-state index in [0.29, 0.717) is 12.2 Å². The van der Waals surface area contributed by atoms with Crippen LogP contribution in [0, 0.1) is 6.92 Å². The van der Waals surface area contributed by atoms with Gasteiger partial charge in [-0.3, -0.25) is 9.88 Å². The van der Waals surface area contributed by atoms with Gasteiger partial charge in [0.2, 0.25) is 0 Å². The zero-order chi connectivity index (χ0) is 14.0. The minimum Gasteiger partial charge on any atom is -0.382 e. The van der Waals surface area contributed by atoms with Crippen molar-refractivity contribution in [1.82, 2.24) is 25.3 Å². The third kappa shape index (κ3) is 2.71. The molecular formula is C14H19N5O. The predicted octanol–water partition coefficient (Wildman–Crippen LogP) is 0.992. The topological polar surface area (TPSA) is 77.9 Å². The van der Waals surface area contributed by atoms with E-state index in [1.807, 2.05) is 19.3 Å². The number of hydrogen-bond donors (Lipinski definition) is 2. The van der Waals surface area contributed by atoms with Crippen molar-refractivity contribution in [2.24, 2.45) is 0 Å². The molecule has 2 aromatic heterocycles. The first-order valence-electron chi connectivity index (χ1n) is 6.87. The van der Waals surface area contributed by atoms with Gasteiger partial charge in [0, 0.05) is 25.5 Å². The lowest BCUT2D eigenvalue weighted by Crippen LogP contribution is -2.45. The Morgan fingerprint density at radius 3 is 3.05 bits per heavy atom. The number of nitrogens with one attached hydrogen (secondary N) is 1. The van der Waals surface area contributed by atoms with E-state index in [4.69, 9.17) is 0 Å². The van der Waals surface area contributed by atoms with E-state index in [1.165, 1.54) is 5.56 Å². The lowest BCUT2D eigenvalue weighted by molar-refractivity contribution is -0.0414. The van der Waals surface area contributed by atoms with E-state index >= 15 is 0 Å². The molecule has 2 N–H and O–H groups in total. The normalized spacial score (nSPS) is 23.9. The molecule has 6 nitrogen and oxygen atoms in total. The van der Waals surface area contributed by atoms with Crippen molar-refractivity contribution < 1.29 is 5.11 Å². The van der Waals surface area contributed by atoms with Gasteiger partial charge in [-0.25, -0.2) is 0 Å². The molecule has 1 saturated heterocycles. The van der Waals surface area contributed by atoms with Crippen molar-refractivity contribution in [1.29, 1.82) is 0 Å². The van der Waals surface area contributed by atoms with Crippen LogP contribution in [0.15, 0.2) is 24.7 Å². The van der Waals surface area contributed by atoms with Crippen molar-refractivity contribution in [3.63, 3.8) is 0 Å². The first-order chi connectivity index (χ1) is 9.66. The minimum absolute atomic E-state index is 0.577. The molecule has 0 bridgehead atoms. The van der Waals surface area contributed by atoms with Crippen LogP contribution in [0.3, 0.4) is 0 Å². The number of aryl methyl sites for hydroxylation is 1. The van der Waals surface area contributed by atoms with Crippen LogP contribution < -0.4 is 0 Å². The Balaban J connectivity index is 1.72. The Bertz CT molecular complexity index is 571. The lowest BCUT2D eigenvalue weighted by Gasteiger charge is -2.37. The monoisotopic (exact) mass is 273 g/mol. The first kappa shape index (κ1) is 13.2. The van der Waals surface area contributed by atoms with E-state index in [9.17, 15) is 5.11 Å². The van der Waals surface area contributed by atoms with Crippen LogP contribution in [-0.4, -0.2) is 43.5 Å². The van der Waals surface area contributed by atoms with Gasteiger partial charge < -0.3 is 5.11 Å². The summed E-state index contributed by atoms with van der Waals surface area (Å²) in [6, 6.07) is 2.14. The summed E-state index contributed by atoms with van der Waals surface area (Å²) >= 11 is 0. The van der Waals surface area contributed by atoms with Crippen molar-refractivity contribution in [3.05, 3.63) is 41.5 Å². The van der Waals surface area contributed by atoms with Gasteiger partial charge in [0.05, 0.1) is 6.20 Å². The number of pyridine rings is 1. The summed E-state index contributed by atoms with van der Waals surface area (Å²) in [4.78, 5) is 6.46. The Morgan fingerprint density at radius 1 is 1.40 bits per heavy atom. The van der Waals surface area contributed by atoms with Crippen LogP contribution in [0.5, 0.6) is 0 Å². The number of β-amino-alcohol motifs (C(OH)–C–C–N with tert-alkyl or cyclic N) is 1. The highest BCUT2D eigenvalue weighted by Crippen LogP contribution is 2.30. The summed E-state index contributed by atoms with van der Waals surface area (Å²) in [5, 5.41) is 21.2. The number of piperidine rings is 1.